The van der Waals surface area contributed by atoms with Gasteiger partial charge >= 0.3 is 0 Å². The highest BCUT2D eigenvalue weighted by Crippen LogP contribution is 2.36. The number of carbonyl (C=O) groups excluding carboxylic acids is 2. The Morgan fingerprint density at radius 3 is 2.70 bits per heavy atom. The van der Waals surface area contributed by atoms with Gasteiger partial charge in [-0.15, -0.1) is 11.3 Å². The Balaban J connectivity index is 1.91. The fourth-order valence-electron chi connectivity index (χ4n) is 3.30. The molecule has 2 amide bonds. The van der Waals surface area contributed by atoms with Crippen molar-refractivity contribution < 1.29 is 9.59 Å². The normalized spacial score (nSPS) is 17.7. The Kier molecular flexibility index (Phi) is 3.97. The van der Waals surface area contributed by atoms with Gasteiger partial charge < -0.3 is 10.6 Å². The first kappa shape index (κ1) is 15.7. The zero-order valence-corrected chi connectivity index (χ0v) is 14.3. The van der Waals surface area contributed by atoms with Crippen molar-refractivity contribution in [2.24, 2.45) is 12.8 Å². The fraction of sp³-hybridized carbons (Fsp3) is 0.438. The highest BCUT2D eigenvalue weighted by molar-refractivity contribution is 7.12. The van der Waals surface area contributed by atoms with Crippen LogP contribution in [-0.2, 0) is 7.05 Å². The molecular weight excluding hydrogens is 312 g/mol. The van der Waals surface area contributed by atoms with Gasteiger partial charge in [0.15, 0.2) is 0 Å². The SMILES string of the molecule is Cc1nn(C)c(C)c1[C@H]1CCCN1C(=O)c1cc(C(N)=O)cs1. The average molecular weight is 332 g/mol. The molecule has 23 heavy (non-hydrogen) atoms. The summed E-state index contributed by atoms with van der Waals surface area (Å²) in [7, 11) is 1.92. The van der Waals surface area contributed by atoms with Gasteiger partial charge in [0.2, 0.25) is 5.91 Å². The molecule has 0 spiro atoms. The van der Waals surface area contributed by atoms with Crippen molar-refractivity contribution in [1.29, 1.82) is 0 Å². The molecule has 0 bridgehead atoms. The Morgan fingerprint density at radius 2 is 2.13 bits per heavy atom. The summed E-state index contributed by atoms with van der Waals surface area (Å²) in [5.74, 6) is -0.537. The van der Waals surface area contributed by atoms with Gasteiger partial charge in [0.25, 0.3) is 5.91 Å². The molecule has 1 atom stereocenters. The van der Waals surface area contributed by atoms with E-state index < -0.39 is 5.91 Å². The number of hydrogen-bond donors (Lipinski definition) is 1. The molecule has 0 aromatic carbocycles. The molecular formula is C16H20N4O2S. The number of amides is 2. The maximum Gasteiger partial charge on any atom is 0.264 e. The summed E-state index contributed by atoms with van der Waals surface area (Å²) in [5, 5.41) is 6.11. The monoisotopic (exact) mass is 332 g/mol. The second-order valence-corrected chi connectivity index (χ2v) is 6.84. The molecule has 0 unspecified atom stereocenters. The molecule has 1 aliphatic rings. The molecule has 122 valence electrons. The minimum atomic E-state index is -0.503. The van der Waals surface area contributed by atoms with E-state index in [9.17, 15) is 9.59 Å². The molecule has 7 heteroatoms. The van der Waals surface area contributed by atoms with Crippen LogP contribution in [0, 0.1) is 13.8 Å². The van der Waals surface area contributed by atoms with Crippen molar-refractivity contribution in [3.8, 4) is 0 Å². The summed E-state index contributed by atoms with van der Waals surface area (Å²) >= 11 is 1.27. The fourth-order valence-corrected chi connectivity index (χ4v) is 4.15. The number of primary amides is 1. The molecule has 3 rings (SSSR count). The van der Waals surface area contributed by atoms with Crippen LogP contribution in [0.3, 0.4) is 0 Å². The van der Waals surface area contributed by atoms with Gasteiger partial charge in [-0.25, -0.2) is 0 Å². The minimum Gasteiger partial charge on any atom is -0.366 e. The number of nitrogens with zero attached hydrogens (tertiary/aromatic N) is 3. The molecule has 0 aliphatic carbocycles. The summed E-state index contributed by atoms with van der Waals surface area (Å²) in [5.41, 5.74) is 8.87. The van der Waals surface area contributed by atoms with Gasteiger partial charge in [0, 0.05) is 30.2 Å². The Bertz CT molecular complexity index is 777. The molecule has 1 fully saturated rings. The van der Waals surface area contributed by atoms with Crippen LogP contribution in [-0.4, -0.2) is 33.0 Å². The molecule has 1 saturated heterocycles. The molecule has 2 aromatic heterocycles. The minimum absolute atomic E-state index is 0.0346. The number of aryl methyl sites for hydroxylation is 2. The second-order valence-electron chi connectivity index (χ2n) is 5.93. The number of carbonyl (C=O) groups is 2. The molecule has 2 N–H and O–H groups in total. The van der Waals surface area contributed by atoms with E-state index in [4.69, 9.17) is 5.73 Å². The summed E-state index contributed by atoms with van der Waals surface area (Å²) in [4.78, 5) is 26.5. The van der Waals surface area contributed by atoms with Crippen molar-refractivity contribution in [2.45, 2.75) is 32.7 Å². The zero-order chi connectivity index (χ0) is 16.7. The molecule has 6 nitrogen and oxygen atoms in total. The van der Waals surface area contributed by atoms with E-state index in [1.165, 1.54) is 11.3 Å². The lowest BCUT2D eigenvalue weighted by molar-refractivity contribution is 0.0740. The smallest absolute Gasteiger partial charge is 0.264 e. The first-order valence-electron chi connectivity index (χ1n) is 7.59. The van der Waals surface area contributed by atoms with Crippen molar-refractivity contribution >= 4 is 23.2 Å². The highest BCUT2D eigenvalue weighted by Gasteiger charge is 2.34. The topological polar surface area (TPSA) is 81.2 Å². The maximum absolute atomic E-state index is 12.9. The lowest BCUT2D eigenvalue weighted by Gasteiger charge is -2.25. The van der Waals surface area contributed by atoms with Gasteiger partial charge in [-0.2, -0.15) is 5.10 Å². The lowest BCUT2D eigenvalue weighted by atomic mass is 10.0. The Morgan fingerprint density at radius 1 is 1.39 bits per heavy atom. The number of nitrogens with two attached hydrogens (primary N) is 1. The molecule has 2 aromatic rings. The third-order valence-electron chi connectivity index (χ3n) is 4.51. The first-order chi connectivity index (χ1) is 10.9. The third-order valence-corrected chi connectivity index (χ3v) is 5.42. The van der Waals surface area contributed by atoms with Crippen molar-refractivity contribution in [2.75, 3.05) is 6.54 Å². The van der Waals surface area contributed by atoms with Gasteiger partial charge in [0.1, 0.15) is 0 Å². The predicted molar refractivity (Wildman–Crippen MR) is 88.5 cm³/mol. The van der Waals surface area contributed by atoms with Crippen molar-refractivity contribution in [3.63, 3.8) is 0 Å². The van der Waals surface area contributed by atoms with E-state index in [1.54, 1.807) is 11.4 Å². The average Bonchev–Trinajstić information content (AvgIpc) is 3.19. The number of rotatable bonds is 3. The molecule has 0 saturated carbocycles. The van der Waals surface area contributed by atoms with Gasteiger partial charge in [0.05, 0.1) is 22.2 Å². The van der Waals surface area contributed by atoms with Gasteiger partial charge in [-0.1, -0.05) is 0 Å². The maximum atomic E-state index is 12.9. The lowest BCUT2D eigenvalue weighted by Crippen LogP contribution is -2.30. The van der Waals surface area contributed by atoms with Crippen LogP contribution in [0.4, 0.5) is 0 Å². The zero-order valence-electron chi connectivity index (χ0n) is 13.5. The largest absolute Gasteiger partial charge is 0.366 e. The van der Waals surface area contributed by atoms with Crippen molar-refractivity contribution in [3.05, 3.63) is 38.8 Å². The summed E-state index contributed by atoms with van der Waals surface area (Å²) in [6.45, 7) is 4.74. The van der Waals surface area contributed by atoms with E-state index in [0.717, 1.165) is 36.3 Å². The molecule has 3 heterocycles. The van der Waals surface area contributed by atoms with E-state index in [-0.39, 0.29) is 11.9 Å². The van der Waals surface area contributed by atoms with E-state index in [1.807, 2.05) is 30.5 Å². The molecule has 1 aliphatic heterocycles. The van der Waals surface area contributed by atoms with E-state index in [0.29, 0.717) is 10.4 Å². The Labute approximate surface area is 138 Å². The summed E-state index contributed by atoms with van der Waals surface area (Å²) in [6.07, 6.45) is 1.91. The number of thiophene rings is 1. The van der Waals surface area contributed by atoms with Crippen LogP contribution >= 0.6 is 11.3 Å². The Hall–Kier alpha value is -2.15. The first-order valence-corrected chi connectivity index (χ1v) is 8.47. The summed E-state index contributed by atoms with van der Waals surface area (Å²) in [6, 6.07) is 1.64. The number of aromatic nitrogens is 2. The van der Waals surface area contributed by atoms with Gasteiger partial charge in [-0.05, 0) is 32.8 Å². The van der Waals surface area contributed by atoms with Crippen LogP contribution < -0.4 is 5.73 Å². The highest BCUT2D eigenvalue weighted by atomic mass is 32.1. The van der Waals surface area contributed by atoms with Crippen LogP contribution in [0.1, 0.15) is 55.9 Å². The number of hydrogen-bond acceptors (Lipinski definition) is 4. The predicted octanol–water partition coefficient (Wildman–Crippen LogP) is 2.17. The van der Waals surface area contributed by atoms with Crippen molar-refractivity contribution in [1.82, 2.24) is 14.7 Å². The standard InChI is InChI=1S/C16H20N4O2S/c1-9-14(10(2)19(3)18-9)12-5-4-6-20(12)16(22)13-7-11(8-23-13)15(17)21/h7-8,12H,4-6H2,1-3H3,(H2,17,21)/t12-/m1/s1. The van der Waals surface area contributed by atoms with E-state index >= 15 is 0 Å². The second kappa shape index (κ2) is 5.81. The number of likely N-dealkylation sites (tertiary alicyclic amines) is 1. The summed E-state index contributed by atoms with van der Waals surface area (Å²) < 4.78 is 1.86. The van der Waals surface area contributed by atoms with Crippen LogP contribution in [0.15, 0.2) is 11.4 Å². The van der Waals surface area contributed by atoms with E-state index in [2.05, 4.69) is 5.10 Å². The van der Waals surface area contributed by atoms with Crippen LogP contribution in [0.2, 0.25) is 0 Å². The van der Waals surface area contributed by atoms with Gasteiger partial charge in [-0.3, -0.25) is 14.3 Å². The molecule has 0 radical (unpaired) electrons. The third kappa shape index (κ3) is 2.65. The van der Waals surface area contributed by atoms with Crippen LogP contribution in [0.25, 0.3) is 0 Å². The van der Waals surface area contributed by atoms with Crippen LogP contribution in [0.5, 0.6) is 0 Å². The quantitative estimate of drug-likeness (QED) is 0.935.